The van der Waals surface area contributed by atoms with E-state index in [-0.39, 0.29) is 0 Å². The van der Waals surface area contributed by atoms with Crippen LogP contribution in [0.2, 0.25) is 10.0 Å². The zero-order chi connectivity index (χ0) is 18.2. The summed E-state index contributed by atoms with van der Waals surface area (Å²) in [6, 6.07) is 5.17. The number of oxazole rings is 1. The van der Waals surface area contributed by atoms with Gasteiger partial charge in [0.05, 0.1) is 23.9 Å². The van der Waals surface area contributed by atoms with Gasteiger partial charge < -0.3 is 19.8 Å². The summed E-state index contributed by atoms with van der Waals surface area (Å²) in [6.45, 7) is 5.53. The van der Waals surface area contributed by atoms with Gasteiger partial charge in [-0.25, -0.2) is 4.98 Å². The fourth-order valence-corrected chi connectivity index (χ4v) is 2.51. The number of ether oxygens (including phenoxy) is 1. The van der Waals surface area contributed by atoms with Gasteiger partial charge in [0.1, 0.15) is 11.5 Å². The van der Waals surface area contributed by atoms with Crippen molar-refractivity contribution in [2.24, 2.45) is 4.99 Å². The van der Waals surface area contributed by atoms with Gasteiger partial charge in [0.15, 0.2) is 5.96 Å². The summed E-state index contributed by atoms with van der Waals surface area (Å²) in [7, 11) is 1.71. The molecule has 0 saturated carbocycles. The molecule has 0 radical (unpaired) electrons. The lowest BCUT2D eigenvalue weighted by atomic mass is 10.3. The summed E-state index contributed by atoms with van der Waals surface area (Å²) in [5.74, 6) is 2.78. The zero-order valence-electron chi connectivity index (χ0n) is 14.5. The minimum absolute atomic E-state index is 0.477. The minimum atomic E-state index is 0.477. The Bertz CT molecular complexity index is 712. The molecule has 0 atom stereocenters. The molecular formula is C17H22Cl2N4O2. The van der Waals surface area contributed by atoms with Crippen molar-refractivity contribution in [3.8, 4) is 5.75 Å². The molecule has 1 aromatic heterocycles. The number of hydrogen-bond donors (Lipinski definition) is 2. The van der Waals surface area contributed by atoms with Crippen molar-refractivity contribution in [3.05, 3.63) is 45.6 Å². The topological polar surface area (TPSA) is 71.7 Å². The Kier molecular flexibility index (Phi) is 7.40. The van der Waals surface area contributed by atoms with E-state index in [1.165, 1.54) is 0 Å². The van der Waals surface area contributed by atoms with Gasteiger partial charge in [-0.3, -0.25) is 4.99 Å². The van der Waals surface area contributed by atoms with Gasteiger partial charge in [0.2, 0.25) is 5.89 Å². The summed E-state index contributed by atoms with van der Waals surface area (Å²) in [5.41, 5.74) is 0.901. The smallest absolute Gasteiger partial charge is 0.214 e. The van der Waals surface area contributed by atoms with Gasteiger partial charge in [-0.15, -0.1) is 0 Å². The lowest BCUT2D eigenvalue weighted by Gasteiger charge is -2.11. The van der Waals surface area contributed by atoms with Crippen LogP contribution in [0, 0.1) is 13.8 Å². The molecule has 0 amide bonds. The standard InChI is InChI=1S/C17H22Cl2N4O2/c1-11-12(2)25-16(23-11)10-22-17(20-3)21-7-4-8-24-15-6-5-13(18)9-14(15)19/h5-6,9H,4,7-8,10H2,1-3H3,(H2,20,21,22). The number of nitrogens with one attached hydrogen (secondary N) is 2. The maximum atomic E-state index is 6.06. The molecule has 0 fully saturated rings. The van der Waals surface area contributed by atoms with Crippen LogP contribution < -0.4 is 15.4 Å². The van der Waals surface area contributed by atoms with Gasteiger partial charge >= 0.3 is 0 Å². The van der Waals surface area contributed by atoms with Gasteiger partial charge in [-0.05, 0) is 38.5 Å². The predicted octanol–water partition coefficient (Wildman–Crippen LogP) is 3.73. The van der Waals surface area contributed by atoms with E-state index in [2.05, 4.69) is 20.6 Å². The molecule has 0 aliphatic heterocycles. The van der Waals surface area contributed by atoms with Crippen molar-refractivity contribution in [1.29, 1.82) is 0 Å². The quantitative estimate of drug-likeness (QED) is 0.432. The lowest BCUT2D eigenvalue weighted by molar-refractivity contribution is 0.311. The molecule has 136 valence electrons. The molecule has 0 aliphatic carbocycles. The molecule has 25 heavy (non-hydrogen) atoms. The Balaban J connectivity index is 1.67. The van der Waals surface area contributed by atoms with Crippen LogP contribution in [0.5, 0.6) is 5.75 Å². The molecule has 8 heteroatoms. The molecule has 2 rings (SSSR count). The van der Waals surface area contributed by atoms with E-state index < -0.39 is 0 Å². The van der Waals surface area contributed by atoms with Crippen LogP contribution in [0.3, 0.4) is 0 Å². The highest BCUT2D eigenvalue weighted by Gasteiger charge is 2.06. The molecule has 0 bridgehead atoms. The average molecular weight is 385 g/mol. The van der Waals surface area contributed by atoms with E-state index in [0.29, 0.717) is 47.3 Å². The van der Waals surface area contributed by atoms with Crippen molar-refractivity contribution >= 4 is 29.2 Å². The fraction of sp³-hybridized carbons (Fsp3) is 0.412. The normalized spacial score (nSPS) is 11.5. The third kappa shape index (κ3) is 6.14. The van der Waals surface area contributed by atoms with Gasteiger partial charge in [-0.1, -0.05) is 23.2 Å². The molecular weight excluding hydrogens is 363 g/mol. The highest BCUT2D eigenvalue weighted by molar-refractivity contribution is 6.35. The third-order valence-corrected chi connectivity index (χ3v) is 4.00. The van der Waals surface area contributed by atoms with Crippen LogP contribution in [0.15, 0.2) is 27.6 Å². The second-order valence-electron chi connectivity index (χ2n) is 5.38. The average Bonchev–Trinajstić information content (AvgIpc) is 2.90. The second kappa shape index (κ2) is 9.53. The predicted molar refractivity (Wildman–Crippen MR) is 101 cm³/mol. The maximum Gasteiger partial charge on any atom is 0.214 e. The summed E-state index contributed by atoms with van der Waals surface area (Å²) < 4.78 is 11.2. The van der Waals surface area contributed by atoms with Crippen LogP contribution in [-0.4, -0.2) is 31.1 Å². The first kappa shape index (κ1) is 19.4. The van der Waals surface area contributed by atoms with Crippen LogP contribution >= 0.6 is 23.2 Å². The highest BCUT2D eigenvalue weighted by atomic mass is 35.5. The first-order valence-electron chi connectivity index (χ1n) is 7.95. The lowest BCUT2D eigenvalue weighted by Crippen LogP contribution is -2.37. The van der Waals surface area contributed by atoms with Crippen molar-refractivity contribution in [3.63, 3.8) is 0 Å². The van der Waals surface area contributed by atoms with E-state index in [1.807, 2.05) is 13.8 Å². The summed E-state index contributed by atoms with van der Waals surface area (Å²) in [6.07, 6.45) is 0.789. The van der Waals surface area contributed by atoms with Crippen molar-refractivity contribution in [2.75, 3.05) is 20.2 Å². The number of aliphatic imine (C=N–C) groups is 1. The van der Waals surface area contributed by atoms with E-state index in [0.717, 1.165) is 17.9 Å². The number of hydrogen-bond acceptors (Lipinski definition) is 4. The number of guanidine groups is 1. The van der Waals surface area contributed by atoms with Crippen molar-refractivity contribution < 1.29 is 9.15 Å². The van der Waals surface area contributed by atoms with Gasteiger partial charge in [0.25, 0.3) is 0 Å². The summed E-state index contributed by atoms with van der Waals surface area (Å²) in [5, 5.41) is 7.46. The van der Waals surface area contributed by atoms with E-state index in [1.54, 1.807) is 25.2 Å². The highest BCUT2D eigenvalue weighted by Crippen LogP contribution is 2.27. The number of aromatic nitrogens is 1. The molecule has 0 aliphatic rings. The minimum Gasteiger partial charge on any atom is -0.492 e. The van der Waals surface area contributed by atoms with Gasteiger partial charge in [-0.2, -0.15) is 0 Å². The van der Waals surface area contributed by atoms with Crippen LogP contribution in [0.4, 0.5) is 0 Å². The van der Waals surface area contributed by atoms with E-state index in [9.17, 15) is 0 Å². The molecule has 1 aromatic carbocycles. The summed E-state index contributed by atoms with van der Waals surface area (Å²) >= 11 is 11.9. The van der Waals surface area contributed by atoms with Crippen LogP contribution in [0.1, 0.15) is 23.8 Å². The number of halogens is 2. The van der Waals surface area contributed by atoms with Crippen LogP contribution in [0.25, 0.3) is 0 Å². The number of nitrogens with zero attached hydrogens (tertiary/aromatic N) is 2. The molecule has 0 unspecified atom stereocenters. The second-order valence-corrected chi connectivity index (χ2v) is 6.22. The Morgan fingerprint density at radius 1 is 1.28 bits per heavy atom. The first-order valence-corrected chi connectivity index (χ1v) is 8.70. The SMILES string of the molecule is CN=C(NCCCOc1ccc(Cl)cc1Cl)NCc1nc(C)c(C)o1. The number of benzene rings is 1. The Morgan fingerprint density at radius 3 is 2.72 bits per heavy atom. The number of aryl methyl sites for hydroxylation is 2. The van der Waals surface area contributed by atoms with E-state index >= 15 is 0 Å². The maximum absolute atomic E-state index is 6.06. The summed E-state index contributed by atoms with van der Waals surface area (Å²) in [4.78, 5) is 8.48. The van der Waals surface area contributed by atoms with Crippen LogP contribution in [-0.2, 0) is 6.54 Å². The zero-order valence-corrected chi connectivity index (χ0v) is 16.0. The first-order chi connectivity index (χ1) is 12.0. The Labute approximate surface area is 157 Å². The molecule has 6 nitrogen and oxygen atoms in total. The molecule has 0 spiro atoms. The molecule has 2 N–H and O–H groups in total. The Morgan fingerprint density at radius 2 is 2.08 bits per heavy atom. The molecule has 1 heterocycles. The van der Waals surface area contributed by atoms with Gasteiger partial charge in [0, 0.05) is 18.6 Å². The fourth-order valence-electron chi connectivity index (χ4n) is 2.05. The van der Waals surface area contributed by atoms with E-state index in [4.69, 9.17) is 32.4 Å². The molecule has 2 aromatic rings. The third-order valence-electron chi connectivity index (χ3n) is 3.47. The number of rotatable bonds is 7. The molecule has 0 saturated heterocycles. The Hall–Kier alpha value is -1.92. The largest absolute Gasteiger partial charge is 0.492 e. The van der Waals surface area contributed by atoms with Crippen molar-refractivity contribution in [2.45, 2.75) is 26.8 Å². The monoisotopic (exact) mass is 384 g/mol. The van der Waals surface area contributed by atoms with Crippen molar-refractivity contribution in [1.82, 2.24) is 15.6 Å².